The van der Waals surface area contributed by atoms with Crippen molar-refractivity contribution in [3.8, 4) is 0 Å². The number of Topliss-reactive ketones (excluding diaryl/α,β-unsaturated/α-hetero) is 1. The molecule has 0 spiro atoms. The van der Waals surface area contributed by atoms with Crippen molar-refractivity contribution in [1.82, 2.24) is 0 Å². The highest BCUT2D eigenvalue weighted by Crippen LogP contribution is 2.38. The molecule has 2 rings (SSSR count). The Kier molecular flexibility index (Phi) is 6.92. The van der Waals surface area contributed by atoms with Crippen molar-refractivity contribution >= 4 is 17.3 Å². The first-order valence-electron chi connectivity index (χ1n) is 9.29. The number of carbonyl (C=O) groups is 2. The summed E-state index contributed by atoms with van der Waals surface area (Å²) >= 11 is 0. The fourth-order valence-corrected chi connectivity index (χ4v) is 3.70. The number of benzene rings is 1. The molecule has 0 aromatic heterocycles. The second-order valence-electron chi connectivity index (χ2n) is 6.80. The van der Waals surface area contributed by atoms with Gasteiger partial charge in [0.1, 0.15) is 5.76 Å². The zero-order valence-corrected chi connectivity index (χ0v) is 15.9. The molecule has 1 N–H and O–H groups in total. The molecule has 1 aliphatic carbocycles. The van der Waals surface area contributed by atoms with Gasteiger partial charge in [-0.1, -0.05) is 38.1 Å². The Morgan fingerprint density at radius 1 is 1.27 bits per heavy atom. The van der Waals surface area contributed by atoms with Crippen molar-refractivity contribution < 1.29 is 19.4 Å². The van der Waals surface area contributed by atoms with Gasteiger partial charge in [-0.25, -0.2) is 4.79 Å². The summed E-state index contributed by atoms with van der Waals surface area (Å²) in [7, 11) is 0. The van der Waals surface area contributed by atoms with Gasteiger partial charge in [0.25, 0.3) is 0 Å². The van der Waals surface area contributed by atoms with E-state index in [1.807, 2.05) is 0 Å². The highest BCUT2D eigenvalue weighted by Gasteiger charge is 2.32. The van der Waals surface area contributed by atoms with E-state index in [-0.39, 0.29) is 18.3 Å². The Morgan fingerprint density at radius 2 is 1.88 bits per heavy atom. The number of aryl methyl sites for hydroxylation is 3. The van der Waals surface area contributed by atoms with Crippen LogP contribution in [0.2, 0.25) is 0 Å². The summed E-state index contributed by atoms with van der Waals surface area (Å²) in [4.78, 5) is 24.9. The summed E-state index contributed by atoms with van der Waals surface area (Å²) in [5, 5.41) is 9.25. The summed E-state index contributed by atoms with van der Waals surface area (Å²) in [5.74, 6) is -0.171. The van der Waals surface area contributed by atoms with E-state index in [1.54, 1.807) is 0 Å². The topological polar surface area (TPSA) is 63.6 Å². The van der Waals surface area contributed by atoms with Crippen molar-refractivity contribution in [2.45, 2.75) is 52.9 Å². The summed E-state index contributed by atoms with van der Waals surface area (Å²) in [6, 6.07) is 4.20. The number of hydrogen-bond acceptors (Lipinski definition) is 4. The molecule has 26 heavy (non-hydrogen) atoms. The Balaban J connectivity index is 2.67. The molecule has 0 saturated carbocycles. The monoisotopic (exact) mass is 356 g/mol. The van der Waals surface area contributed by atoms with E-state index in [1.165, 1.54) is 0 Å². The van der Waals surface area contributed by atoms with Gasteiger partial charge >= 0.3 is 5.97 Å². The predicted octanol–water partition coefficient (Wildman–Crippen LogP) is 3.92. The molecule has 1 aromatic rings. The van der Waals surface area contributed by atoms with Crippen LogP contribution in [0.25, 0.3) is 5.57 Å². The van der Waals surface area contributed by atoms with Crippen molar-refractivity contribution in [1.29, 1.82) is 0 Å². The number of ether oxygens (including phenoxy) is 1. The van der Waals surface area contributed by atoms with Gasteiger partial charge in [-0.05, 0) is 48.8 Å². The third-order valence-corrected chi connectivity index (χ3v) is 4.89. The van der Waals surface area contributed by atoms with E-state index in [0.29, 0.717) is 30.6 Å². The molecule has 0 fully saturated rings. The molecular formula is C22H28O4. The van der Waals surface area contributed by atoms with Crippen LogP contribution in [-0.4, -0.2) is 23.5 Å². The quantitative estimate of drug-likeness (QED) is 0.594. The number of allylic oxidation sites excluding steroid dienone is 2. The second-order valence-corrected chi connectivity index (χ2v) is 6.80. The van der Waals surface area contributed by atoms with Gasteiger partial charge in [-0.2, -0.15) is 0 Å². The average Bonchev–Trinajstić information content (AvgIpc) is 2.61. The minimum atomic E-state index is -0.557. The molecule has 0 radical (unpaired) electrons. The van der Waals surface area contributed by atoms with Crippen molar-refractivity contribution in [3.05, 3.63) is 52.8 Å². The SMILES string of the molecule is C=CC(=O)OC1=C(c2c(CC)cc(C)cc2CC)C(=O)CC(CCO)C1. The summed E-state index contributed by atoms with van der Waals surface area (Å²) in [6.07, 6.45) is 4.06. The second kappa shape index (κ2) is 8.95. The lowest BCUT2D eigenvalue weighted by Crippen LogP contribution is -2.23. The molecule has 1 unspecified atom stereocenters. The number of carbonyl (C=O) groups excluding carboxylic acids is 2. The van der Waals surface area contributed by atoms with Gasteiger partial charge in [0, 0.05) is 25.5 Å². The molecule has 4 heteroatoms. The highest BCUT2D eigenvalue weighted by atomic mass is 16.5. The van der Waals surface area contributed by atoms with Gasteiger partial charge in [0.05, 0.1) is 5.57 Å². The van der Waals surface area contributed by atoms with E-state index in [4.69, 9.17) is 4.74 Å². The number of aliphatic hydroxyl groups is 1. The first-order valence-corrected chi connectivity index (χ1v) is 9.29. The summed E-state index contributed by atoms with van der Waals surface area (Å²) in [6.45, 7) is 9.65. The number of rotatable bonds is 7. The fraction of sp³-hybridized carbons (Fsp3) is 0.455. The van der Waals surface area contributed by atoms with E-state index in [9.17, 15) is 14.7 Å². The predicted molar refractivity (Wildman–Crippen MR) is 103 cm³/mol. The van der Waals surface area contributed by atoms with E-state index < -0.39 is 5.97 Å². The Labute approximate surface area is 155 Å². The van der Waals surface area contributed by atoms with Gasteiger partial charge in [-0.3, -0.25) is 4.79 Å². The third-order valence-electron chi connectivity index (χ3n) is 4.89. The van der Waals surface area contributed by atoms with Crippen LogP contribution >= 0.6 is 0 Å². The third kappa shape index (κ3) is 4.31. The molecule has 4 nitrogen and oxygen atoms in total. The van der Waals surface area contributed by atoms with Gasteiger partial charge < -0.3 is 9.84 Å². The Morgan fingerprint density at radius 3 is 2.38 bits per heavy atom. The average molecular weight is 356 g/mol. The van der Waals surface area contributed by atoms with E-state index in [2.05, 4.69) is 39.5 Å². The van der Waals surface area contributed by atoms with Crippen LogP contribution in [-0.2, 0) is 27.2 Å². The van der Waals surface area contributed by atoms with Gasteiger partial charge in [-0.15, -0.1) is 0 Å². The zero-order chi connectivity index (χ0) is 19.3. The van der Waals surface area contributed by atoms with Crippen molar-refractivity contribution in [2.75, 3.05) is 6.61 Å². The van der Waals surface area contributed by atoms with Crippen LogP contribution < -0.4 is 0 Å². The standard InChI is InChI=1S/C22H28O4/c1-5-16-10-14(4)11-17(6-2)21(16)22-18(24)12-15(8-9-23)13-19(22)26-20(25)7-3/h7,10-11,15,23H,3,5-6,8-9,12-13H2,1-2,4H3. The molecule has 0 saturated heterocycles. The minimum Gasteiger partial charge on any atom is -0.427 e. The van der Waals surface area contributed by atoms with Crippen molar-refractivity contribution in [3.63, 3.8) is 0 Å². The molecule has 0 amide bonds. The largest absolute Gasteiger partial charge is 0.427 e. The summed E-state index contributed by atoms with van der Waals surface area (Å²) in [5.41, 5.74) is 4.80. The fourth-order valence-electron chi connectivity index (χ4n) is 3.70. The summed E-state index contributed by atoms with van der Waals surface area (Å²) < 4.78 is 5.50. The first kappa shape index (κ1) is 20.1. The normalized spacial score (nSPS) is 17.4. The lowest BCUT2D eigenvalue weighted by Gasteiger charge is -2.27. The highest BCUT2D eigenvalue weighted by molar-refractivity contribution is 6.23. The van der Waals surface area contributed by atoms with Crippen LogP contribution in [0.5, 0.6) is 0 Å². The number of hydrogen-bond donors (Lipinski definition) is 1. The van der Waals surface area contributed by atoms with E-state index >= 15 is 0 Å². The van der Waals surface area contributed by atoms with Gasteiger partial charge in [0.15, 0.2) is 5.78 Å². The van der Waals surface area contributed by atoms with Crippen LogP contribution in [0.15, 0.2) is 30.5 Å². The number of esters is 1. The Bertz CT molecular complexity index is 718. The Hall–Kier alpha value is -2.20. The molecule has 1 aromatic carbocycles. The molecule has 0 bridgehead atoms. The first-order chi connectivity index (χ1) is 12.4. The molecule has 0 aliphatic heterocycles. The number of aliphatic hydroxyl groups excluding tert-OH is 1. The maximum absolute atomic E-state index is 13.0. The van der Waals surface area contributed by atoms with Crippen LogP contribution in [0.1, 0.15) is 55.4 Å². The minimum absolute atomic E-state index is 0.00975. The lowest BCUT2D eigenvalue weighted by molar-refractivity contribution is -0.134. The van der Waals surface area contributed by atoms with Crippen LogP contribution in [0, 0.1) is 12.8 Å². The van der Waals surface area contributed by atoms with E-state index in [0.717, 1.165) is 41.2 Å². The van der Waals surface area contributed by atoms with Crippen LogP contribution in [0.4, 0.5) is 0 Å². The maximum atomic E-state index is 13.0. The smallest absolute Gasteiger partial charge is 0.335 e. The molecule has 1 atom stereocenters. The van der Waals surface area contributed by atoms with Gasteiger partial charge in [0.2, 0.25) is 0 Å². The molecule has 1 aliphatic rings. The molecule has 0 heterocycles. The molecular weight excluding hydrogens is 328 g/mol. The number of ketones is 1. The molecule has 140 valence electrons. The van der Waals surface area contributed by atoms with Crippen LogP contribution in [0.3, 0.4) is 0 Å². The zero-order valence-electron chi connectivity index (χ0n) is 15.9. The van der Waals surface area contributed by atoms with Crippen molar-refractivity contribution in [2.24, 2.45) is 5.92 Å². The maximum Gasteiger partial charge on any atom is 0.335 e. The lowest BCUT2D eigenvalue weighted by atomic mass is 9.79.